The Morgan fingerprint density at radius 1 is 1.36 bits per heavy atom. The number of nitrogens with zero attached hydrogens (tertiary/aromatic N) is 3. The van der Waals surface area contributed by atoms with E-state index in [1.807, 2.05) is 36.1 Å². The fourth-order valence-corrected chi connectivity index (χ4v) is 3.54. The summed E-state index contributed by atoms with van der Waals surface area (Å²) in [7, 11) is 0. The third kappa shape index (κ3) is 4.75. The third-order valence-electron chi connectivity index (χ3n) is 4.15. The maximum atomic E-state index is 12.3. The Labute approximate surface area is 151 Å². The predicted octanol–water partition coefficient (Wildman–Crippen LogP) is 3.49. The SMILES string of the molecule is CCOc1ccc(-c2nnc(SCC(=O)N3CCC[C@@H](C)C3)o2)cc1. The van der Waals surface area contributed by atoms with Crippen LogP contribution in [0.4, 0.5) is 0 Å². The molecule has 6 nitrogen and oxygen atoms in total. The summed E-state index contributed by atoms with van der Waals surface area (Å²) in [6, 6.07) is 7.51. The van der Waals surface area contributed by atoms with Gasteiger partial charge in [0.25, 0.3) is 5.22 Å². The average Bonchev–Trinajstić information content (AvgIpc) is 3.09. The summed E-state index contributed by atoms with van der Waals surface area (Å²) in [4.78, 5) is 14.2. The van der Waals surface area contributed by atoms with Gasteiger partial charge in [-0.15, -0.1) is 10.2 Å². The van der Waals surface area contributed by atoms with E-state index in [1.165, 1.54) is 18.2 Å². The van der Waals surface area contributed by atoms with E-state index in [0.717, 1.165) is 30.8 Å². The van der Waals surface area contributed by atoms with Gasteiger partial charge in [0.15, 0.2) is 0 Å². The molecule has 1 aliphatic heterocycles. The number of carbonyl (C=O) groups is 1. The Morgan fingerprint density at radius 2 is 2.16 bits per heavy atom. The Balaban J connectivity index is 1.55. The second-order valence-electron chi connectivity index (χ2n) is 6.21. The Morgan fingerprint density at radius 3 is 2.88 bits per heavy atom. The molecule has 1 saturated heterocycles. The summed E-state index contributed by atoms with van der Waals surface area (Å²) in [6.07, 6.45) is 2.28. The topological polar surface area (TPSA) is 68.5 Å². The summed E-state index contributed by atoms with van der Waals surface area (Å²) in [6.45, 7) is 6.46. The highest BCUT2D eigenvalue weighted by atomic mass is 32.2. The molecule has 25 heavy (non-hydrogen) atoms. The number of piperidine rings is 1. The molecule has 3 rings (SSSR count). The minimum Gasteiger partial charge on any atom is -0.494 e. The maximum Gasteiger partial charge on any atom is 0.277 e. The number of benzene rings is 1. The molecule has 0 aliphatic carbocycles. The maximum absolute atomic E-state index is 12.3. The van der Waals surface area contributed by atoms with Crippen LogP contribution < -0.4 is 4.74 Å². The van der Waals surface area contributed by atoms with Crippen molar-refractivity contribution in [3.05, 3.63) is 24.3 Å². The molecule has 0 bridgehead atoms. The van der Waals surface area contributed by atoms with Crippen LogP contribution in [0.15, 0.2) is 33.9 Å². The number of thioether (sulfide) groups is 1. The highest BCUT2D eigenvalue weighted by Gasteiger charge is 2.21. The first-order chi connectivity index (χ1) is 12.2. The molecule has 1 aromatic carbocycles. The van der Waals surface area contributed by atoms with Crippen LogP contribution in [-0.2, 0) is 4.79 Å². The van der Waals surface area contributed by atoms with Gasteiger partial charge >= 0.3 is 0 Å². The van der Waals surface area contributed by atoms with Crippen LogP contribution >= 0.6 is 11.8 Å². The van der Waals surface area contributed by atoms with Crippen molar-refractivity contribution >= 4 is 17.7 Å². The molecule has 1 amide bonds. The lowest BCUT2D eigenvalue weighted by atomic mass is 10.0. The second kappa shape index (κ2) is 8.38. The average molecular weight is 361 g/mol. The van der Waals surface area contributed by atoms with Crippen molar-refractivity contribution in [2.75, 3.05) is 25.4 Å². The molecule has 1 aliphatic rings. The Kier molecular flexibility index (Phi) is 5.96. The smallest absolute Gasteiger partial charge is 0.277 e. The van der Waals surface area contributed by atoms with Gasteiger partial charge in [-0.2, -0.15) is 0 Å². The van der Waals surface area contributed by atoms with Gasteiger partial charge in [-0.05, 0) is 49.9 Å². The summed E-state index contributed by atoms with van der Waals surface area (Å²) in [5, 5.41) is 8.51. The van der Waals surface area contributed by atoms with Crippen LogP contribution in [0.25, 0.3) is 11.5 Å². The number of carbonyl (C=O) groups excluding carboxylic acids is 1. The molecule has 0 radical (unpaired) electrons. The van der Waals surface area contributed by atoms with Crippen LogP contribution in [0.1, 0.15) is 26.7 Å². The van der Waals surface area contributed by atoms with E-state index in [1.54, 1.807) is 0 Å². The van der Waals surface area contributed by atoms with Gasteiger partial charge in [0.1, 0.15) is 5.75 Å². The molecular weight excluding hydrogens is 338 g/mol. The number of rotatable bonds is 6. The standard InChI is InChI=1S/C18H23N3O3S/c1-3-23-15-8-6-14(7-9-15)17-19-20-18(24-17)25-12-16(22)21-10-4-5-13(2)11-21/h6-9,13H,3-5,10-12H2,1-2H3/t13-/m1/s1. The normalized spacial score (nSPS) is 17.5. The van der Waals surface area contributed by atoms with Gasteiger partial charge in [-0.25, -0.2) is 0 Å². The van der Waals surface area contributed by atoms with E-state index in [4.69, 9.17) is 9.15 Å². The van der Waals surface area contributed by atoms with E-state index in [0.29, 0.717) is 29.4 Å². The van der Waals surface area contributed by atoms with E-state index >= 15 is 0 Å². The van der Waals surface area contributed by atoms with Crippen LogP contribution in [0, 0.1) is 5.92 Å². The highest BCUT2D eigenvalue weighted by Crippen LogP contribution is 2.25. The minimum atomic E-state index is 0.136. The van der Waals surface area contributed by atoms with Gasteiger partial charge < -0.3 is 14.1 Å². The lowest BCUT2D eigenvalue weighted by molar-refractivity contribution is -0.130. The zero-order valence-corrected chi connectivity index (χ0v) is 15.4. The van der Waals surface area contributed by atoms with Crippen molar-refractivity contribution in [3.8, 4) is 17.2 Å². The van der Waals surface area contributed by atoms with Gasteiger partial charge in [0, 0.05) is 18.7 Å². The molecule has 0 unspecified atom stereocenters. The number of likely N-dealkylation sites (tertiary alicyclic amines) is 1. The number of ether oxygens (including phenoxy) is 1. The van der Waals surface area contributed by atoms with Crippen molar-refractivity contribution in [3.63, 3.8) is 0 Å². The molecule has 0 spiro atoms. The molecule has 2 heterocycles. The fraction of sp³-hybridized carbons (Fsp3) is 0.500. The summed E-state index contributed by atoms with van der Waals surface area (Å²) in [5.74, 6) is 2.30. The van der Waals surface area contributed by atoms with Crippen molar-refractivity contribution in [2.45, 2.75) is 31.9 Å². The summed E-state index contributed by atoms with van der Waals surface area (Å²) < 4.78 is 11.1. The zero-order chi connectivity index (χ0) is 17.6. The fourth-order valence-electron chi connectivity index (χ4n) is 2.88. The van der Waals surface area contributed by atoms with Gasteiger partial charge in [0.2, 0.25) is 11.8 Å². The number of amides is 1. The summed E-state index contributed by atoms with van der Waals surface area (Å²) in [5.41, 5.74) is 0.832. The molecule has 2 aromatic rings. The molecular formula is C18H23N3O3S. The highest BCUT2D eigenvalue weighted by molar-refractivity contribution is 7.99. The first kappa shape index (κ1) is 17.8. The Bertz CT molecular complexity index is 702. The first-order valence-electron chi connectivity index (χ1n) is 8.63. The van der Waals surface area contributed by atoms with Crippen LogP contribution in [-0.4, -0.2) is 46.5 Å². The molecule has 0 saturated carbocycles. The largest absolute Gasteiger partial charge is 0.494 e. The van der Waals surface area contributed by atoms with Crippen molar-refractivity contribution in [2.24, 2.45) is 5.92 Å². The van der Waals surface area contributed by atoms with E-state index in [-0.39, 0.29) is 5.91 Å². The van der Waals surface area contributed by atoms with Gasteiger partial charge in [0.05, 0.1) is 12.4 Å². The van der Waals surface area contributed by atoms with Crippen LogP contribution in [0.3, 0.4) is 0 Å². The third-order valence-corrected chi connectivity index (χ3v) is 4.95. The van der Waals surface area contributed by atoms with E-state index in [2.05, 4.69) is 17.1 Å². The Hall–Kier alpha value is -2.02. The number of hydrogen-bond donors (Lipinski definition) is 0. The summed E-state index contributed by atoms with van der Waals surface area (Å²) >= 11 is 1.29. The lowest BCUT2D eigenvalue weighted by Gasteiger charge is -2.30. The van der Waals surface area contributed by atoms with Crippen molar-refractivity contribution in [1.82, 2.24) is 15.1 Å². The quantitative estimate of drug-likeness (QED) is 0.734. The van der Waals surface area contributed by atoms with Crippen molar-refractivity contribution in [1.29, 1.82) is 0 Å². The van der Waals surface area contributed by atoms with Crippen LogP contribution in [0.2, 0.25) is 0 Å². The van der Waals surface area contributed by atoms with Crippen LogP contribution in [0.5, 0.6) is 5.75 Å². The van der Waals surface area contributed by atoms with Gasteiger partial charge in [-0.1, -0.05) is 18.7 Å². The molecule has 1 aromatic heterocycles. The van der Waals surface area contributed by atoms with Gasteiger partial charge in [-0.3, -0.25) is 4.79 Å². The zero-order valence-electron chi connectivity index (χ0n) is 14.6. The molecule has 7 heteroatoms. The molecule has 0 N–H and O–H groups in total. The predicted molar refractivity (Wildman–Crippen MR) is 96.6 cm³/mol. The minimum absolute atomic E-state index is 0.136. The number of hydrogen-bond acceptors (Lipinski definition) is 6. The van der Waals surface area contributed by atoms with E-state index < -0.39 is 0 Å². The monoisotopic (exact) mass is 361 g/mol. The molecule has 1 atom stereocenters. The molecule has 1 fully saturated rings. The first-order valence-corrected chi connectivity index (χ1v) is 9.61. The van der Waals surface area contributed by atoms with E-state index in [9.17, 15) is 4.79 Å². The second-order valence-corrected chi connectivity index (χ2v) is 7.13. The molecule has 134 valence electrons. The van der Waals surface area contributed by atoms with Crippen molar-refractivity contribution < 1.29 is 13.9 Å². The number of aromatic nitrogens is 2. The lowest BCUT2D eigenvalue weighted by Crippen LogP contribution is -2.40.